The van der Waals surface area contributed by atoms with Gasteiger partial charge in [-0.15, -0.1) is 0 Å². The van der Waals surface area contributed by atoms with E-state index in [2.05, 4.69) is 10.6 Å². The standard InChI is InChI=1S/C5H9N3O/c6-3-4-5(9)8-2-1-7-4/h4-5,7-9H,1-2H2. The van der Waals surface area contributed by atoms with Crippen LogP contribution in [0.4, 0.5) is 0 Å². The summed E-state index contributed by atoms with van der Waals surface area (Å²) in [7, 11) is 0. The predicted molar refractivity (Wildman–Crippen MR) is 31.4 cm³/mol. The highest BCUT2D eigenvalue weighted by Crippen LogP contribution is 1.91. The van der Waals surface area contributed by atoms with Crippen LogP contribution < -0.4 is 10.6 Å². The van der Waals surface area contributed by atoms with Crippen LogP contribution in [0.15, 0.2) is 0 Å². The van der Waals surface area contributed by atoms with Gasteiger partial charge in [-0.3, -0.25) is 10.6 Å². The van der Waals surface area contributed by atoms with E-state index in [4.69, 9.17) is 10.4 Å². The van der Waals surface area contributed by atoms with Crippen molar-refractivity contribution in [1.29, 1.82) is 5.26 Å². The molecule has 9 heavy (non-hydrogen) atoms. The molecule has 4 nitrogen and oxygen atoms in total. The lowest BCUT2D eigenvalue weighted by atomic mass is 10.2. The third-order valence-corrected chi connectivity index (χ3v) is 1.30. The summed E-state index contributed by atoms with van der Waals surface area (Å²) < 4.78 is 0. The zero-order valence-corrected chi connectivity index (χ0v) is 4.96. The number of aliphatic hydroxyl groups excluding tert-OH is 1. The van der Waals surface area contributed by atoms with Crippen molar-refractivity contribution in [2.45, 2.75) is 12.3 Å². The molecule has 0 aliphatic carbocycles. The van der Waals surface area contributed by atoms with Crippen molar-refractivity contribution in [3.05, 3.63) is 0 Å². The SMILES string of the molecule is N#CC1NCCNC1O. The monoisotopic (exact) mass is 127 g/mol. The fourth-order valence-corrected chi connectivity index (χ4v) is 0.793. The number of rotatable bonds is 0. The van der Waals surface area contributed by atoms with Gasteiger partial charge in [0, 0.05) is 13.1 Å². The molecule has 1 aliphatic rings. The Morgan fingerprint density at radius 2 is 2.11 bits per heavy atom. The highest BCUT2D eigenvalue weighted by Gasteiger charge is 2.20. The summed E-state index contributed by atoms with van der Waals surface area (Å²) in [6, 6.07) is 1.48. The number of nitrogens with one attached hydrogen (secondary N) is 2. The molecule has 0 aromatic carbocycles. The topological polar surface area (TPSA) is 68.1 Å². The van der Waals surface area contributed by atoms with Gasteiger partial charge in [0.25, 0.3) is 0 Å². The summed E-state index contributed by atoms with van der Waals surface area (Å²) in [6.07, 6.45) is -0.705. The number of nitriles is 1. The summed E-state index contributed by atoms with van der Waals surface area (Å²) in [5.41, 5.74) is 0. The lowest BCUT2D eigenvalue weighted by Crippen LogP contribution is -2.55. The molecule has 0 aromatic heterocycles. The van der Waals surface area contributed by atoms with Gasteiger partial charge in [0.05, 0.1) is 6.07 Å². The molecule has 3 N–H and O–H groups in total. The Morgan fingerprint density at radius 1 is 1.44 bits per heavy atom. The van der Waals surface area contributed by atoms with E-state index in [9.17, 15) is 0 Å². The van der Waals surface area contributed by atoms with E-state index >= 15 is 0 Å². The van der Waals surface area contributed by atoms with E-state index in [0.29, 0.717) is 0 Å². The molecule has 2 atom stereocenters. The first-order valence-electron chi connectivity index (χ1n) is 2.89. The van der Waals surface area contributed by atoms with Crippen LogP contribution in [0.5, 0.6) is 0 Å². The Kier molecular flexibility index (Phi) is 2.01. The van der Waals surface area contributed by atoms with Crippen molar-refractivity contribution in [2.24, 2.45) is 0 Å². The highest BCUT2D eigenvalue weighted by atomic mass is 16.3. The summed E-state index contributed by atoms with van der Waals surface area (Å²) in [5, 5.41) is 22.9. The molecule has 0 saturated carbocycles. The van der Waals surface area contributed by atoms with Crippen LogP contribution in [0, 0.1) is 11.3 Å². The Balaban J connectivity index is 2.41. The van der Waals surface area contributed by atoms with Crippen LogP contribution in [0.25, 0.3) is 0 Å². The van der Waals surface area contributed by atoms with Gasteiger partial charge in [0.2, 0.25) is 0 Å². The van der Waals surface area contributed by atoms with E-state index < -0.39 is 12.3 Å². The average molecular weight is 127 g/mol. The van der Waals surface area contributed by atoms with Gasteiger partial charge in [-0.2, -0.15) is 5.26 Å². The molecule has 0 bridgehead atoms. The van der Waals surface area contributed by atoms with Gasteiger partial charge in [0.15, 0.2) is 0 Å². The summed E-state index contributed by atoms with van der Waals surface area (Å²) in [6.45, 7) is 1.47. The molecule has 4 heteroatoms. The average Bonchev–Trinajstić information content (AvgIpc) is 1.89. The minimum absolute atomic E-state index is 0.446. The van der Waals surface area contributed by atoms with Crippen molar-refractivity contribution >= 4 is 0 Å². The Labute approximate surface area is 53.5 Å². The van der Waals surface area contributed by atoms with Crippen molar-refractivity contribution in [3.63, 3.8) is 0 Å². The molecule has 1 rings (SSSR count). The molecule has 1 fully saturated rings. The lowest BCUT2D eigenvalue weighted by Gasteiger charge is -2.24. The molecule has 50 valence electrons. The Hall–Kier alpha value is -0.630. The summed E-state index contributed by atoms with van der Waals surface area (Å²) >= 11 is 0. The Morgan fingerprint density at radius 3 is 2.56 bits per heavy atom. The maximum Gasteiger partial charge on any atom is 0.135 e. The van der Waals surface area contributed by atoms with Crippen LogP contribution in [0.3, 0.4) is 0 Å². The quantitative estimate of drug-likeness (QED) is 0.366. The van der Waals surface area contributed by atoms with Crippen LogP contribution in [-0.2, 0) is 0 Å². The van der Waals surface area contributed by atoms with Crippen LogP contribution in [0.1, 0.15) is 0 Å². The molecule has 1 saturated heterocycles. The molecule has 1 heterocycles. The molecule has 0 amide bonds. The van der Waals surface area contributed by atoms with Gasteiger partial charge in [-0.05, 0) is 0 Å². The van der Waals surface area contributed by atoms with E-state index in [-0.39, 0.29) is 0 Å². The van der Waals surface area contributed by atoms with Crippen molar-refractivity contribution in [1.82, 2.24) is 10.6 Å². The minimum atomic E-state index is -0.705. The smallest absolute Gasteiger partial charge is 0.135 e. The van der Waals surface area contributed by atoms with Crippen LogP contribution in [-0.4, -0.2) is 30.5 Å². The van der Waals surface area contributed by atoms with E-state index in [1.807, 2.05) is 6.07 Å². The van der Waals surface area contributed by atoms with E-state index in [1.54, 1.807) is 0 Å². The highest BCUT2D eigenvalue weighted by molar-refractivity contribution is 4.96. The van der Waals surface area contributed by atoms with Gasteiger partial charge >= 0.3 is 0 Å². The van der Waals surface area contributed by atoms with Gasteiger partial charge in [-0.1, -0.05) is 0 Å². The van der Waals surface area contributed by atoms with E-state index in [0.717, 1.165) is 13.1 Å². The molecule has 0 radical (unpaired) electrons. The summed E-state index contributed by atoms with van der Waals surface area (Å²) in [5.74, 6) is 0. The lowest BCUT2D eigenvalue weighted by molar-refractivity contribution is 0.0960. The first kappa shape index (κ1) is 6.49. The van der Waals surface area contributed by atoms with Crippen molar-refractivity contribution in [2.75, 3.05) is 13.1 Å². The maximum atomic E-state index is 8.97. The van der Waals surface area contributed by atoms with Crippen LogP contribution >= 0.6 is 0 Å². The largest absolute Gasteiger partial charge is 0.376 e. The predicted octanol–water partition coefficient (Wildman–Crippen LogP) is -1.61. The molecule has 2 unspecified atom stereocenters. The molecule has 0 spiro atoms. The second-order valence-corrected chi connectivity index (χ2v) is 1.96. The number of hydrogen-bond donors (Lipinski definition) is 3. The third-order valence-electron chi connectivity index (χ3n) is 1.30. The van der Waals surface area contributed by atoms with Gasteiger partial charge in [-0.25, -0.2) is 0 Å². The first-order chi connectivity index (χ1) is 4.34. The maximum absolute atomic E-state index is 8.97. The zero-order valence-electron chi connectivity index (χ0n) is 4.96. The second kappa shape index (κ2) is 2.78. The van der Waals surface area contributed by atoms with Gasteiger partial charge < -0.3 is 5.11 Å². The zero-order chi connectivity index (χ0) is 6.69. The minimum Gasteiger partial charge on any atom is -0.376 e. The van der Waals surface area contributed by atoms with Crippen molar-refractivity contribution < 1.29 is 5.11 Å². The van der Waals surface area contributed by atoms with E-state index in [1.165, 1.54) is 0 Å². The number of piperazine rings is 1. The normalized spacial score (nSPS) is 35.6. The van der Waals surface area contributed by atoms with Crippen molar-refractivity contribution in [3.8, 4) is 6.07 Å². The molecule has 0 aromatic rings. The fraction of sp³-hybridized carbons (Fsp3) is 0.800. The number of aliphatic hydroxyl groups is 1. The fourth-order valence-electron chi connectivity index (χ4n) is 0.793. The molecule has 1 aliphatic heterocycles. The van der Waals surface area contributed by atoms with Gasteiger partial charge in [0.1, 0.15) is 12.3 Å². The third kappa shape index (κ3) is 1.39. The Bertz CT molecular complexity index is 131. The molecular formula is C5H9N3O. The second-order valence-electron chi connectivity index (χ2n) is 1.96. The number of nitrogens with zero attached hydrogens (tertiary/aromatic N) is 1. The van der Waals surface area contributed by atoms with Crippen LogP contribution in [0.2, 0.25) is 0 Å². The summed E-state index contributed by atoms with van der Waals surface area (Å²) in [4.78, 5) is 0. The molecular weight excluding hydrogens is 118 g/mol. The first-order valence-corrected chi connectivity index (χ1v) is 2.89. The number of hydrogen-bond acceptors (Lipinski definition) is 4.